The molecule has 1 heterocycles. The predicted molar refractivity (Wildman–Crippen MR) is 63.8 cm³/mol. The number of carboxylic acid groups (broad SMARTS) is 1. The Morgan fingerprint density at radius 2 is 1.85 bits per heavy atom. The number of alkyl halides is 3. The van der Waals surface area contributed by atoms with E-state index in [4.69, 9.17) is 9.52 Å². The van der Waals surface area contributed by atoms with Gasteiger partial charge < -0.3 is 9.52 Å². The molecule has 0 aliphatic heterocycles. The van der Waals surface area contributed by atoms with Crippen LogP contribution in [0.4, 0.5) is 13.2 Å². The van der Waals surface area contributed by atoms with E-state index in [0.29, 0.717) is 5.56 Å². The lowest BCUT2D eigenvalue weighted by atomic mass is 10.1. The molecule has 0 atom stereocenters. The number of hydrogen-bond acceptors (Lipinski definition) is 3. The predicted octanol–water partition coefficient (Wildman–Crippen LogP) is 3.56. The fraction of sp³-hybridized carbons (Fsp3) is 0.0769. The maximum Gasteiger partial charge on any atom is 0.416 e. The molecule has 0 aliphatic carbocycles. The van der Waals surface area contributed by atoms with Crippen molar-refractivity contribution in [1.82, 2.24) is 4.98 Å². The Morgan fingerprint density at radius 1 is 1.20 bits per heavy atom. The number of rotatable bonds is 3. The van der Waals surface area contributed by atoms with Crippen molar-refractivity contribution in [3.05, 3.63) is 53.2 Å². The highest BCUT2D eigenvalue weighted by Gasteiger charge is 2.29. The molecule has 0 saturated heterocycles. The minimum Gasteiger partial charge on any atom is -0.476 e. The second-order valence-electron chi connectivity index (χ2n) is 3.83. The molecule has 0 aliphatic rings. The quantitative estimate of drug-likeness (QED) is 0.935. The van der Waals surface area contributed by atoms with Gasteiger partial charge in [-0.1, -0.05) is 12.1 Å². The second kappa shape index (κ2) is 5.20. The van der Waals surface area contributed by atoms with Crippen LogP contribution in [0, 0.1) is 0 Å². The zero-order chi connectivity index (χ0) is 14.8. The SMILES string of the molecule is O=C(O)c1coc(C=Cc2ccc(C(F)(F)F)cc2)n1. The van der Waals surface area contributed by atoms with Gasteiger partial charge in [-0.2, -0.15) is 13.2 Å². The number of aromatic carboxylic acids is 1. The number of hydrogen-bond donors (Lipinski definition) is 1. The number of carboxylic acids is 1. The summed E-state index contributed by atoms with van der Waals surface area (Å²) in [7, 11) is 0. The van der Waals surface area contributed by atoms with Crippen molar-refractivity contribution in [1.29, 1.82) is 0 Å². The van der Waals surface area contributed by atoms with Crippen molar-refractivity contribution in [2.24, 2.45) is 0 Å². The summed E-state index contributed by atoms with van der Waals surface area (Å²) in [5.74, 6) is -1.16. The first-order valence-corrected chi connectivity index (χ1v) is 5.40. The lowest BCUT2D eigenvalue weighted by Crippen LogP contribution is -2.03. The maximum atomic E-state index is 12.4. The van der Waals surface area contributed by atoms with E-state index in [2.05, 4.69) is 4.98 Å². The van der Waals surface area contributed by atoms with Crippen molar-refractivity contribution in [2.75, 3.05) is 0 Å². The topological polar surface area (TPSA) is 63.3 Å². The van der Waals surface area contributed by atoms with Crippen LogP contribution in [0.5, 0.6) is 0 Å². The summed E-state index contributed by atoms with van der Waals surface area (Å²) in [6.07, 6.45) is -0.553. The van der Waals surface area contributed by atoms with Crippen molar-refractivity contribution in [3.63, 3.8) is 0 Å². The molecule has 0 bridgehead atoms. The number of halogens is 3. The van der Waals surface area contributed by atoms with Crippen LogP contribution >= 0.6 is 0 Å². The Labute approximate surface area is 111 Å². The van der Waals surface area contributed by atoms with E-state index in [1.807, 2.05) is 0 Å². The molecule has 1 aromatic heterocycles. The van der Waals surface area contributed by atoms with E-state index < -0.39 is 17.7 Å². The fourth-order valence-corrected chi connectivity index (χ4v) is 1.41. The number of benzene rings is 1. The van der Waals surface area contributed by atoms with E-state index in [-0.39, 0.29) is 11.6 Å². The number of oxazole rings is 1. The van der Waals surface area contributed by atoms with Gasteiger partial charge >= 0.3 is 12.1 Å². The minimum atomic E-state index is -4.37. The second-order valence-corrected chi connectivity index (χ2v) is 3.83. The van der Waals surface area contributed by atoms with Gasteiger partial charge in [-0.3, -0.25) is 0 Å². The monoisotopic (exact) mass is 283 g/mol. The van der Waals surface area contributed by atoms with Crippen LogP contribution in [0.15, 0.2) is 34.9 Å². The van der Waals surface area contributed by atoms with Crippen LogP contribution in [0.1, 0.15) is 27.5 Å². The molecule has 2 rings (SSSR count). The summed E-state index contributed by atoms with van der Waals surface area (Å²) >= 11 is 0. The number of carbonyl (C=O) groups is 1. The zero-order valence-electron chi connectivity index (χ0n) is 9.89. The molecule has 0 saturated carbocycles. The average Bonchev–Trinajstić information content (AvgIpc) is 2.85. The number of aromatic nitrogens is 1. The van der Waals surface area contributed by atoms with Crippen LogP contribution in [-0.4, -0.2) is 16.1 Å². The standard InChI is InChI=1S/C13H8F3NO3/c14-13(15,16)9-4-1-8(2-5-9)3-6-11-17-10(7-20-11)12(18)19/h1-7H,(H,18,19). The molecular weight excluding hydrogens is 275 g/mol. The van der Waals surface area contributed by atoms with E-state index >= 15 is 0 Å². The van der Waals surface area contributed by atoms with Crippen LogP contribution in [0.2, 0.25) is 0 Å². The van der Waals surface area contributed by atoms with E-state index in [0.717, 1.165) is 18.4 Å². The molecule has 0 spiro atoms. The lowest BCUT2D eigenvalue weighted by Gasteiger charge is -2.05. The summed E-state index contributed by atoms with van der Waals surface area (Å²) in [5, 5.41) is 8.64. The molecule has 1 aromatic carbocycles. The van der Waals surface area contributed by atoms with Crippen LogP contribution in [0.3, 0.4) is 0 Å². The first-order chi connectivity index (χ1) is 9.36. The van der Waals surface area contributed by atoms with Crippen molar-refractivity contribution in [3.8, 4) is 0 Å². The van der Waals surface area contributed by atoms with Crippen molar-refractivity contribution >= 4 is 18.1 Å². The molecule has 7 heteroatoms. The third-order valence-electron chi connectivity index (χ3n) is 2.40. The molecule has 0 fully saturated rings. The Hall–Kier alpha value is -2.57. The van der Waals surface area contributed by atoms with Crippen LogP contribution in [0.25, 0.3) is 12.2 Å². The van der Waals surface area contributed by atoms with E-state index in [9.17, 15) is 18.0 Å². The molecule has 1 N–H and O–H groups in total. The van der Waals surface area contributed by atoms with Gasteiger partial charge in [0.2, 0.25) is 5.89 Å². The smallest absolute Gasteiger partial charge is 0.416 e. The van der Waals surface area contributed by atoms with Gasteiger partial charge in [0.05, 0.1) is 5.56 Å². The van der Waals surface area contributed by atoms with Crippen LogP contribution < -0.4 is 0 Å². The van der Waals surface area contributed by atoms with Gasteiger partial charge in [0.1, 0.15) is 6.26 Å². The van der Waals surface area contributed by atoms with Crippen LogP contribution in [-0.2, 0) is 6.18 Å². The fourth-order valence-electron chi connectivity index (χ4n) is 1.41. The first kappa shape index (κ1) is 13.9. The van der Waals surface area contributed by atoms with Gasteiger partial charge in [-0.05, 0) is 23.8 Å². The molecule has 0 unspecified atom stereocenters. The highest BCUT2D eigenvalue weighted by Crippen LogP contribution is 2.29. The molecule has 4 nitrogen and oxygen atoms in total. The van der Waals surface area contributed by atoms with Gasteiger partial charge in [0.15, 0.2) is 5.69 Å². The summed E-state index contributed by atoms with van der Waals surface area (Å²) in [4.78, 5) is 14.2. The minimum absolute atomic E-state index is 0.0577. The molecule has 104 valence electrons. The Kier molecular flexibility index (Phi) is 3.60. The van der Waals surface area contributed by atoms with Gasteiger partial charge in [0.25, 0.3) is 0 Å². The van der Waals surface area contributed by atoms with E-state index in [1.54, 1.807) is 0 Å². The number of nitrogens with zero attached hydrogens (tertiary/aromatic N) is 1. The molecule has 0 radical (unpaired) electrons. The lowest BCUT2D eigenvalue weighted by molar-refractivity contribution is -0.137. The third kappa shape index (κ3) is 3.25. The molecule has 0 amide bonds. The van der Waals surface area contributed by atoms with Gasteiger partial charge in [0, 0.05) is 6.08 Å². The summed E-state index contributed by atoms with van der Waals surface area (Å²) in [6.45, 7) is 0. The van der Waals surface area contributed by atoms with Crippen molar-refractivity contribution < 1.29 is 27.5 Å². The largest absolute Gasteiger partial charge is 0.476 e. The van der Waals surface area contributed by atoms with Gasteiger partial charge in [-0.15, -0.1) is 0 Å². The Balaban J connectivity index is 2.13. The molecule has 20 heavy (non-hydrogen) atoms. The summed E-state index contributed by atoms with van der Waals surface area (Å²) < 4.78 is 41.9. The summed E-state index contributed by atoms with van der Waals surface area (Å²) in [6, 6.07) is 4.50. The maximum absolute atomic E-state index is 12.4. The molecular formula is C13H8F3NO3. The first-order valence-electron chi connectivity index (χ1n) is 5.40. The Bertz CT molecular complexity index is 642. The third-order valence-corrected chi connectivity index (χ3v) is 2.40. The highest BCUT2D eigenvalue weighted by molar-refractivity contribution is 5.85. The van der Waals surface area contributed by atoms with Gasteiger partial charge in [-0.25, -0.2) is 9.78 Å². The zero-order valence-corrected chi connectivity index (χ0v) is 9.89. The van der Waals surface area contributed by atoms with E-state index in [1.165, 1.54) is 24.3 Å². The van der Waals surface area contributed by atoms with Crippen molar-refractivity contribution in [2.45, 2.75) is 6.18 Å². The average molecular weight is 283 g/mol. The normalized spacial score (nSPS) is 11.9. The Morgan fingerprint density at radius 3 is 2.35 bits per heavy atom. The summed E-state index contributed by atoms with van der Waals surface area (Å²) in [5.41, 5.74) is -0.468. The highest BCUT2D eigenvalue weighted by atomic mass is 19.4. The molecule has 2 aromatic rings.